The van der Waals surface area contributed by atoms with Gasteiger partial charge in [-0.1, -0.05) is 123 Å². The summed E-state index contributed by atoms with van der Waals surface area (Å²) in [4.78, 5) is 0. The van der Waals surface area contributed by atoms with E-state index in [1.807, 2.05) is 0 Å². The third kappa shape index (κ3) is 4.41. The van der Waals surface area contributed by atoms with E-state index in [2.05, 4.69) is 0 Å². The summed E-state index contributed by atoms with van der Waals surface area (Å²) in [6, 6.07) is 4.49. The smallest absolute Gasteiger partial charge is 0.0784 e. The van der Waals surface area contributed by atoms with Gasteiger partial charge in [-0.2, -0.15) is 0 Å². The average molecular weight is 430 g/mol. The van der Waals surface area contributed by atoms with Crippen LogP contribution in [-0.4, -0.2) is 0 Å². The highest BCUT2D eigenvalue weighted by Gasteiger charge is 2.40. The molecule has 1 aromatic rings. The van der Waals surface area contributed by atoms with E-state index in [-0.39, 0.29) is 16.7 Å². The number of hydrogen-bond donors (Lipinski definition) is 0. The van der Waals surface area contributed by atoms with Gasteiger partial charge in [0.05, 0.1) is 0 Å². The minimum absolute atomic E-state index is 0.0370. The molecular weight excluding hydrogens is 427 g/mol. The van der Waals surface area contributed by atoms with Crippen LogP contribution in [0, 0.1) is 0 Å². The van der Waals surface area contributed by atoms with Crippen molar-refractivity contribution in [2.24, 2.45) is 0 Å². The molecule has 0 saturated heterocycles. The van der Waals surface area contributed by atoms with Crippen molar-refractivity contribution in [1.82, 2.24) is 0 Å². The first-order chi connectivity index (χ1) is 7.85. The van der Waals surface area contributed by atoms with E-state index in [9.17, 15) is 0 Å². The summed E-state index contributed by atoms with van der Waals surface area (Å²) >= 11 is 52.5. The highest BCUT2D eigenvalue weighted by molar-refractivity contribution is 6.70. The summed E-state index contributed by atoms with van der Waals surface area (Å²) < 4.78 is -5.53. The van der Waals surface area contributed by atoms with E-state index in [1.165, 1.54) is 18.2 Å². The molecule has 18 heavy (non-hydrogen) atoms. The molecule has 0 heterocycles. The van der Waals surface area contributed by atoms with Gasteiger partial charge < -0.3 is 0 Å². The summed E-state index contributed by atoms with van der Waals surface area (Å²) in [5.41, 5.74) is 0.308. The van der Waals surface area contributed by atoms with Gasteiger partial charge in [0.15, 0.2) is 0 Å². The Morgan fingerprint density at radius 1 is 0.556 bits per heavy atom. The van der Waals surface area contributed by atoms with Gasteiger partial charge in [0, 0.05) is 16.7 Å². The molecule has 0 aliphatic rings. The number of rotatable bonds is 0. The summed E-state index contributed by atoms with van der Waals surface area (Å²) in [7, 11) is 0. The maximum absolute atomic E-state index is 5.86. The summed E-state index contributed by atoms with van der Waals surface area (Å²) in [5.74, 6) is 0. The van der Waals surface area contributed by atoms with Crippen LogP contribution < -0.4 is 0 Å². The fourth-order valence-corrected chi connectivity index (χ4v) is 2.89. The zero-order valence-corrected chi connectivity index (χ0v) is 14.9. The molecule has 0 nitrogen and oxygen atoms in total. The van der Waals surface area contributed by atoms with Gasteiger partial charge in [-0.25, -0.2) is 0 Å². The van der Waals surface area contributed by atoms with E-state index in [0.29, 0.717) is 0 Å². The second-order valence-corrected chi connectivity index (χ2v) is 10.1. The Morgan fingerprint density at radius 3 is 1.11 bits per heavy atom. The lowest BCUT2D eigenvalue weighted by Gasteiger charge is -2.26. The van der Waals surface area contributed by atoms with Crippen LogP contribution >= 0.6 is 104 Å². The largest absolute Gasteiger partial charge is 0.216 e. The van der Waals surface area contributed by atoms with Crippen LogP contribution in [0.25, 0.3) is 0 Å². The molecule has 0 atom stereocenters. The molecule has 0 aliphatic carbocycles. The second kappa shape index (κ2) is 5.91. The molecule has 1 aromatic carbocycles. The molecule has 0 unspecified atom stereocenters. The molecule has 0 aromatic heterocycles. The summed E-state index contributed by atoms with van der Waals surface area (Å²) in [5, 5.41) is 0. The van der Waals surface area contributed by atoms with E-state index in [4.69, 9.17) is 104 Å². The van der Waals surface area contributed by atoms with E-state index in [1.54, 1.807) is 0 Å². The fraction of sp³-hybridized carbons (Fsp3) is 0.333. The van der Waals surface area contributed by atoms with Crippen LogP contribution in [0.4, 0.5) is 0 Å². The van der Waals surface area contributed by atoms with Crippen LogP contribution in [0.1, 0.15) is 16.7 Å². The second-order valence-electron chi connectivity index (χ2n) is 3.22. The first-order valence-electron chi connectivity index (χ1n) is 4.19. The van der Waals surface area contributed by atoms with Gasteiger partial charge in [0.2, 0.25) is 11.4 Å². The first kappa shape index (κ1) is 17.9. The van der Waals surface area contributed by atoms with E-state index < -0.39 is 11.4 Å². The van der Waals surface area contributed by atoms with Crippen molar-refractivity contribution in [3.8, 4) is 0 Å². The number of alkyl halides is 9. The summed E-state index contributed by atoms with van der Waals surface area (Å²) in [6.07, 6.45) is 0. The molecule has 0 spiro atoms. The fourth-order valence-electron chi connectivity index (χ4n) is 1.33. The Labute approximate surface area is 149 Å². The Balaban J connectivity index is 3.68. The topological polar surface area (TPSA) is 0 Å². The van der Waals surface area contributed by atoms with Crippen molar-refractivity contribution in [2.45, 2.75) is 11.4 Å². The molecule has 102 valence electrons. The Kier molecular flexibility index (Phi) is 5.87. The van der Waals surface area contributed by atoms with Gasteiger partial charge in [-0.05, 0) is 0 Å². The van der Waals surface area contributed by atoms with Gasteiger partial charge >= 0.3 is 0 Å². The number of halogens is 9. The third-order valence-electron chi connectivity index (χ3n) is 1.96. The highest BCUT2D eigenvalue weighted by atomic mass is 35.6. The van der Waals surface area contributed by atoms with Gasteiger partial charge in [0.1, 0.15) is 0 Å². The molecule has 1 rings (SSSR count). The van der Waals surface area contributed by atoms with E-state index in [0.717, 1.165) is 0 Å². The van der Waals surface area contributed by atoms with Gasteiger partial charge in [0.25, 0.3) is 0 Å². The minimum atomic E-state index is -1.90. The molecule has 0 amide bonds. The molecule has 0 saturated carbocycles. The number of benzene rings is 1. The van der Waals surface area contributed by atoms with Crippen molar-refractivity contribution in [1.29, 1.82) is 0 Å². The first-order valence-corrected chi connectivity index (χ1v) is 7.60. The lowest BCUT2D eigenvalue weighted by molar-refractivity contribution is 1.05. The van der Waals surface area contributed by atoms with Gasteiger partial charge in [-0.15, -0.1) is 0 Å². The quantitative estimate of drug-likeness (QED) is 0.383. The normalized spacial score (nSPS) is 13.8. The Bertz CT molecular complexity index is 403. The zero-order chi connectivity index (χ0) is 14.4. The highest BCUT2D eigenvalue weighted by Crippen LogP contribution is 2.53. The molecule has 0 fully saturated rings. The van der Waals surface area contributed by atoms with Crippen LogP contribution in [-0.2, 0) is 11.4 Å². The van der Waals surface area contributed by atoms with Crippen LogP contribution in [0.2, 0.25) is 0 Å². The van der Waals surface area contributed by atoms with Crippen molar-refractivity contribution in [3.63, 3.8) is 0 Å². The van der Waals surface area contributed by atoms with Gasteiger partial charge in [-0.3, -0.25) is 0 Å². The molecule has 0 bridgehead atoms. The van der Waals surface area contributed by atoms with Crippen molar-refractivity contribution in [2.75, 3.05) is 0 Å². The SMILES string of the molecule is ClC(Cl)(Cl)c1cccc(C(Cl)(Cl)Cl)c1C(Cl)(Cl)Cl. The molecule has 0 aliphatic heterocycles. The lowest BCUT2D eigenvalue weighted by atomic mass is 10.0. The average Bonchev–Trinajstić information content (AvgIpc) is 2.12. The van der Waals surface area contributed by atoms with Crippen LogP contribution in [0.5, 0.6) is 0 Å². The maximum Gasteiger partial charge on any atom is 0.216 e. The maximum atomic E-state index is 5.86. The van der Waals surface area contributed by atoms with Crippen LogP contribution in [0.3, 0.4) is 0 Å². The monoisotopic (exact) mass is 426 g/mol. The van der Waals surface area contributed by atoms with Crippen molar-refractivity contribution >= 4 is 104 Å². The summed E-state index contributed by atoms with van der Waals surface area (Å²) in [6.45, 7) is 0. The Hall–Kier alpha value is 1.83. The lowest BCUT2D eigenvalue weighted by Crippen LogP contribution is -2.18. The van der Waals surface area contributed by atoms with Crippen molar-refractivity contribution < 1.29 is 0 Å². The molecule has 0 N–H and O–H groups in total. The molecule has 9 heteroatoms. The predicted octanol–water partition coefficient (Wildman–Crippen LogP) is 7.17. The minimum Gasteiger partial charge on any atom is -0.0784 e. The van der Waals surface area contributed by atoms with Crippen molar-refractivity contribution in [3.05, 3.63) is 34.9 Å². The van der Waals surface area contributed by atoms with Crippen LogP contribution in [0.15, 0.2) is 18.2 Å². The zero-order valence-electron chi connectivity index (χ0n) is 8.13. The standard InChI is InChI=1S/C9H3Cl9/c10-7(11,12)4-2-1-3-5(8(13,14)15)6(4)9(16,17)18/h1-3H. The third-order valence-corrected chi connectivity index (χ3v) is 3.75. The predicted molar refractivity (Wildman–Crippen MR) is 84.2 cm³/mol. The molecule has 0 radical (unpaired) electrons. The van der Waals surface area contributed by atoms with E-state index >= 15 is 0 Å². The number of hydrogen-bond acceptors (Lipinski definition) is 0. The molecular formula is C9H3Cl9. The Morgan fingerprint density at radius 2 is 0.889 bits per heavy atom.